The van der Waals surface area contributed by atoms with Gasteiger partial charge < -0.3 is 25.0 Å². The van der Waals surface area contributed by atoms with Gasteiger partial charge in [-0.25, -0.2) is 9.59 Å². The van der Waals surface area contributed by atoms with Crippen LogP contribution in [0.5, 0.6) is 11.5 Å². The molecule has 0 aliphatic carbocycles. The zero-order valence-electron chi connectivity index (χ0n) is 20.2. The number of phenolic OH excluding ortho intramolecular Hbond substituents is 1. The number of carbonyl (C=O) groups is 3. The third kappa shape index (κ3) is 12.9. The lowest BCUT2D eigenvalue weighted by Crippen LogP contribution is -2.19. The van der Waals surface area contributed by atoms with Crippen LogP contribution in [0, 0.1) is 0 Å². The summed E-state index contributed by atoms with van der Waals surface area (Å²) in [6.07, 6.45) is 7.43. The van der Waals surface area contributed by atoms with E-state index in [2.05, 4.69) is 34.5 Å². The van der Waals surface area contributed by atoms with Crippen LogP contribution in [0.2, 0.25) is 0 Å². The Kier molecular flexibility index (Phi) is 14.5. The van der Waals surface area contributed by atoms with E-state index in [4.69, 9.17) is 14.9 Å². The van der Waals surface area contributed by atoms with Crippen molar-refractivity contribution in [2.45, 2.75) is 25.7 Å². The van der Waals surface area contributed by atoms with Gasteiger partial charge >= 0.3 is 11.9 Å². The van der Waals surface area contributed by atoms with E-state index >= 15 is 0 Å². The quantitative estimate of drug-likeness (QED) is 0.125. The molecule has 0 unspecified atom stereocenters. The SMILES string of the molecule is C=CCN(C)CCCCCCOc1ccc(C(=O)c2ccc(Br)cc2)c(O)c1.O=C(O)/C=C/C(=O)O. The topological polar surface area (TPSA) is 124 Å². The lowest BCUT2D eigenvalue weighted by atomic mass is 10.0. The molecule has 0 aliphatic rings. The van der Waals surface area contributed by atoms with E-state index in [1.54, 1.807) is 36.4 Å². The van der Waals surface area contributed by atoms with E-state index in [9.17, 15) is 19.5 Å². The van der Waals surface area contributed by atoms with Crippen molar-refractivity contribution in [1.29, 1.82) is 0 Å². The maximum Gasteiger partial charge on any atom is 0.328 e. The highest BCUT2D eigenvalue weighted by atomic mass is 79.9. The zero-order valence-corrected chi connectivity index (χ0v) is 21.8. The Morgan fingerprint density at radius 1 is 0.972 bits per heavy atom. The largest absolute Gasteiger partial charge is 0.507 e. The molecule has 2 aromatic carbocycles. The number of unbranched alkanes of at least 4 members (excludes halogenated alkanes) is 3. The smallest absolute Gasteiger partial charge is 0.328 e. The van der Waals surface area contributed by atoms with E-state index in [1.807, 2.05) is 6.08 Å². The summed E-state index contributed by atoms with van der Waals surface area (Å²) in [4.78, 5) is 33.9. The highest BCUT2D eigenvalue weighted by Gasteiger charge is 2.14. The summed E-state index contributed by atoms with van der Waals surface area (Å²) in [5, 5.41) is 25.8. The molecule has 0 aromatic heterocycles. The van der Waals surface area contributed by atoms with Gasteiger partial charge in [0.2, 0.25) is 0 Å². The number of ketones is 1. The van der Waals surface area contributed by atoms with Crippen molar-refractivity contribution < 1.29 is 34.4 Å². The second-order valence-electron chi connectivity index (χ2n) is 7.84. The average molecular weight is 562 g/mol. The molecule has 36 heavy (non-hydrogen) atoms. The molecule has 0 aliphatic heterocycles. The third-order valence-electron chi connectivity index (χ3n) is 4.83. The molecule has 0 fully saturated rings. The first-order valence-electron chi connectivity index (χ1n) is 11.3. The van der Waals surface area contributed by atoms with Crippen molar-refractivity contribution in [3.63, 3.8) is 0 Å². The second kappa shape index (κ2) is 17.1. The Hall–Kier alpha value is -3.43. The van der Waals surface area contributed by atoms with Crippen LogP contribution < -0.4 is 4.74 Å². The highest BCUT2D eigenvalue weighted by Crippen LogP contribution is 2.26. The normalized spacial score (nSPS) is 10.5. The van der Waals surface area contributed by atoms with E-state index in [-0.39, 0.29) is 17.1 Å². The zero-order chi connectivity index (χ0) is 26.9. The third-order valence-corrected chi connectivity index (χ3v) is 5.36. The Morgan fingerprint density at radius 2 is 1.58 bits per heavy atom. The van der Waals surface area contributed by atoms with Crippen molar-refractivity contribution in [2.24, 2.45) is 0 Å². The Bertz CT molecular complexity index is 1020. The number of carboxylic acid groups (broad SMARTS) is 2. The van der Waals surface area contributed by atoms with Gasteiger partial charge in [0.1, 0.15) is 11.5 Å². The molecular weight excluding hydrogens is 530 g/mol. The Labute approximate surface area is 219 Å². The summed E-state index contributed by atoms with van der Waals surface area (Å²) in [7, 11) is 2.10. The average Bonchev–Trinajstić information content (AvgIpc) is 2.83. The van der Waals surface area contributed by atoms with Crippen LogP contribution in [0.15, 0.2) is 71.7 Å². The number of aliphatic carboxylic acids is 2. The maximum absolute atomic E-state index is 12.5. The van der Waals surface area contributed by atoms with Crippen LogP contribution >= 0.6 is 15.9 Å². The van der Waals surface area contributed by atoms with Gasteiger partial charge in [0, 0.05) is 34.8 Å². The minimum atomic E-state index is -1.26. The number of hydrogen-bond donors (Lipinski definition) is 3. The molecule has 8 nitrogen and oxygen atoms in total. The number of rotatable bonds is 14. The number of carboxylic acids is 2. The molecule has 0 heterocycles. The number of nitrogens with zero attached hydrogens (tertiary/aromatic N) is 1. The number of benzene rings is 2. The van der Waals surface area contributed by atoms with E-state index in [1.165, 1.54) is 6.07 Å². The first kappa shape index (κ1) is 30.6. The summed E-state index contributed by atoms with van der Waals surface area (Å²) in [6, 6.07) is 11.9. The molecule has 3 N–H and O–H groups in total. The molecule has 194 valence electrons. The molecular formula is C27H32BrNO7. The number of ether oxygens (including phenoxy) is 1. The minimum Gasteiger partial charge on any atom is -0.507 e. The molecule has 2 rings (SSSR count). The van der Waals surface area contributed by atoms with Crippen molar-refractivity contribution >= 4 is 33.7 Å². The molecule has 0 spiro atoms. The summed E-state index contributed by atoms with van der Waals surface area (Å²) in [5.41, 5.74) is 0.809. The van der Waals surface area contributed by atoms with Crippen LogP contribution in [0.3, 0.4) is 0 Å². The highest BCUT2D eigenvalue weighted by molar-refractivity contribution is 9.10. The molecule has 0 bridgehead atoms. The fraction of sp³-hybridized carbons (Fsp3) is 0.296. The van der Waals surface area contributed by atoms with Gasteiger partial charge in [-0.2, -0.15) is 0 Å². The lowest BCUT2D eigenvalue weighted by molar-refractivity contribution is -0.134. The van der Waals surface area contributed by atoms with Crippen LogP contribution in [-0.4, -0.2) is 64.7 Å². The van der Waals surface area contributed by atoms with E-state index < -0.39 is 11.9 Å². The van der Waals surface area contributed by atoms with Crippen molar-refractivity contribution in [3.8, 4) is 11.5 Å². The summed E-state index contributed by atoms with van der Waals surface area (Å²) in [5.74, 6) is -2.20. The molecule has 0 saturated carbocycles. The van der Waals surface area contributed by atoms with Crippen LogP contribution in [0.25, 0.3) is 0 Å². The fourth-order valence-electron chi connectivity index (χ4n) is 3.03. The van der Waals surface area contributed by atoms with Gasteiger partial charge in [0.05, 0.1) is 12.2 Å². The first-order valence-corrected chi connectivity index (χ1v) is 12.1. The summed E-state index contributed by atoms with van der Waals surface area (Å²) in [6.45, 7) is 6.34. The van der Waals surface area contributed by atoms with E-state index in [0.717, 1.165) is 43.2 Å². The molecule has 9 heteroatoms. The number of hydrogen-bond acceptors (Lipinski definition) is 6. The van der Waals surface area contributed by atoms with Gasteiger partial charge in [0.15, 0.2) is 5.78 Å². The van der Waals surface area contributed by atoms with Crippen molar-refractivity contribution in [1.82, 2.24) is 4.90 Å². The maximum atomic E-state index is 12.5. The number of carbonyl (C=O) groups excluding carboxylic acids is 1. The fourth-order valence-corrected chi connectivity index (χ4v) is 3.30. The first-order chi connectivity index (χ1) is 17.1. The number of phenols is 1. The van der Waals surface area contributed by atoms with Crippen LogP contribution in [-0.2, 0) is 9.59 Å². The minimum absolute atomic E-state index is 0.0596. The summed E-state index contributed by atoms with van der Waals surface area (Å²) < 4.78 is 6.61. The Morgan fingerprint density at radius 3 is 2.14 bits per heavy atom. The van der Waals surface area contributed by atoms with Gasteiger partial charge in [-0.05, 0) is 62.8 Å². The van der Waals surface area contributed by atoms with Gasteiger partial charge in [-0.15, -0.1) is 6.58 Å². The van der Waals surface area contributed by atoms with Crippen LogP contribution in [0.4, 0.5) is 0 Å². The number of aromatic hydroxyl groups is 1. The molecule has 0 amide bonds. The Balaban J connectivity index is 0.000000697. The van der Waals surface area contributed by atoms with Gasteiger partial charge in [0.25, 0.3) is 0 Å². The van der Waals surface area contributed by atoms with Crippen molar-refractivity contribution in [3.05, 3.63) is 82.9 Å². The molecule has 2 aromatic rings. The molecule has 0 radical (unpaired) electrons. The molecule has 0 atom stereocenters. The monoisotopic (exact) mass is 561 g/mol. The standard InChI is InChI=1S/C23H28BrNO3.C4H4O4/c1-3-14-25(2)15-6-4-5-7-16-28-20-12-13-21(22(26)17-20)23(27)18-8-10-19(24)11-9-18;5-3(6)1-2-4(7)8/h3,8-13,17,26H,1,4-7,14-16H2,2H3;1-2H,(H,5,6)(H,7,8)/b;2-1+. The lowest BCUT2D eigenvalue weighted by Gasteiger charge is -2.13. The van der Waals surface area contributed by atoms with Crippen molar-refractivity contribution in [2.75, 3.05) is 26.7 Å². The van der Waals surface area contributed by atoms with Gasteiger partial charge in [-0.1, -0.05) is 34.8 Å². The predicted molar refractivity (Wildman–Crippen MR) is 142 cm³/mol. The summed E-state index contributed by atoms with van der Waals surface area (Å²) >= 11 is 3.35. The van der Waals surface area contributed by atoms with Crippen LogP contribution in [0.1, 0.15) is 41.6 Å². The van der Waals surface area contributed by atoms with Gasteiger partial charge in [-0.3, -0.25) is 4.79 Å². The number of likely N-dealkylation sites (N-methyl/N-ethyl adjacent to an activating group) is 1. The number of halogens is 1. The second-order valence-corrected chi connectivity index (χ2v) is 8.75. The predicted octanol–water partition coefficient (Wildman–Crippen LogP) is 5.15. The molecule has 0 saturated heterocycles. The van der Waals surface area contributed by atoms with E-state index in [0.29, 0.717) is 30.1 Å².